The molecule has 0 amide bonds. The van der Waals surface area contributed by atoms with Crippen LogP contribution in [0.4, 0.5) is 0 Å². The molecule has 1 aliphatic carbocycles. The van der Waals surface area contributed by atoms with Gasteiger partial charge in [-0.05, 0) is 34.6 Å². The van der Waals surface area contributed by atoms with Gasteiger partial charge in [-0.15, -0.1) is 0 Å². The molecule has 0 atom stereocenters. The maximum Gasteiger partial charge on any atom is 0.0167 e. The van der Waals surface area contributed by atoms with Crippen LogP contribution in [0.2, 0.25) is 0 Å². The van der Waals surface area contributed by atoms with Crippen molar-refractivity contribution in [2.45, 2.75) is 33.6 Å². The smallest absolute Gasteiger partial charge is 0.0167 e. The average Bonchev–Trinajstić information content (AvgIpc) is 2.38. The number of fused-ring (bicyclic) bond motifs is 1. The quantitative estimate of drug-likeness (QED) is 0.825. The summed E-state index contributed by atoms with van der Waals surface area (Å²) in [6.45, 7) is 6.57. The predicted molar refractivity (Wildman–Crippen MR) is 84.4 cm³/mol. The SMILES string of the molecule is CC/C=C\C=C1/CC(N)=C(C(C)C)c2ccccc21. The Bertz CT molecular complexity index is 545. The molecule has 1 heteroatoms. The van der Waals surface area contributed by atoms with E-state index < -0.39 is 0 Å². The third-order valence-electron chi connectivity index (χ3n) is 3.54. The van der Waals surface area contributed by atoms with Gasteiger partial charge in [0.2, 0.25) is 0 Å². The van der Waals surface area contributed by atoms with Crippen molar-refractivity contribution in [1.29, 1.82) is 0 Å². The fourth-order valence-electron chi connectivity index (χ4n) is 2.72. The van der Waals surface area contributed by atoms with Gasteiger partial charge in [0.15, 0.2) is 0 Å². The number of nitrogens with two attached hydrogens (primary N) is 1. The molecule has 0 bridgehead atoms. The minimum atomic E-state index is 0.467. The highest BCUT2D eigenvalue weighted by Crippen LogP contribution is 2.39. The van der Waals surface area contributed by atoms with Gasteiger partial charge < -0.3 is 5.73 Å². The first-order valence-electron chi connectivity index (χ1n) is 7.09. The molecule has 2 rings (SSSR count). The summed E-state index contributed by atoms with van der Waals surface area (Å²) in [5, 5.41) is 0. The van der Waals surface area contributed by atoms with E-state index in [1.807, 2.05) is 0 Å². The molecule has 0 saturated heterocycles. The van der Waals surface area contributed by atoms with Crippen molar-refractivity contribution in [3.63, 3.8) is 0 Å². The summed E-state index contributed by atoms with van der Waals surface area (Å²) in [4.78, 5) is 0. The van der Waals surface area contributed by atoms with Crippen LogP contribution in [-0.2, 0) is 0 Å². The summed E-state index contributed by atoms with van der Waals surface area (Å²) in [6.07, 6.45) is 8.44. The van der Waals surface area contributed by atoms with Crippen molar-refractivity contribution >= 4 is 11.1 Å². The zero-order valence-electron chi connectivity index (χ0n) is 12.1. The monoisotopic (exact) mass is 253 g/mol. The zero-order valence-corrected chi connectivity index (χ0v) is 12.1. The molecular formula is C18H23N. The molecule has 0 heterocycles. The summed E-state index contributed by atoms with van der Waals surface area (Å²) in [5.74, 6) is 0.467. The van der Waals surface area contributed by atoms with Gasteiger partial charge in [0.1, 0.15) is 0 Å². The van der Waals surface area contributed by atoms with E-state index in [1.165, 1.54) is 22.3 Å². The molecule has 0 spiro atoms. The lowest BCUT2D eigenvalue weighted by atomic mass is 9.80. The Labute approximate surface area is 116 Å². The van der Waals surface area contributed by atoms with E-state index in [0.717, 1.165) is 18.5 Å². The molecule has 2 N–H and O–H groups in total. The van der Waals surface area contributed by atoms with Crippen molar-refractivity contribution in [2.75, 3.05) is 0 Å². The van der Waals surface area contributed by atoms with Gasteiger partial charge in [-0.1, -0.05) is 63.3 Å². The number of hydrogen-bond donors (Lipinski definition) is 1. The fraction of sp³-hybridized carbons (Fsp3) is 0.333. The Hall–Kier alpha value is -1.76. The Kier molecular flexibility index (Phi) is 4.26. The first-order valence-corrected chi connectivity index (χ1v) is 7.09. The Morgan fingerprint density at radius 2 is 1.89 bits per heavy atom. The van der Waals surface area contributed by atoms with E-state index in [-0.39, 0.29) is 0 Å². The molecule has 19 heavy (non-hydrogen) atoms. The van der Waals surface area contributed by atoms with Crippen molar-refractivity contribution in [2.24, 2.45) is 11.7 Å². The van der Waals surface area contributed by atoms with Crippen LogP contribution in [0.1, 0.15) is 44.7 Å². The van der Waals surface area contributed by atoms with Crippen LogP contribution >= 0.6 is 0 Å². The lowest BCUT2D eigenvalue weighted by molar-refractivity contribution is 0.836. The van der Waals surface area contributed by atoms with Gasteiger partial charge in [-0.25, -0.2) is 0 Å². The summed E-state index contributed by atoms with van der Waals surface area (Å²) in [6, 6.07) is 8.60. The minimum Gasteiger partial charge on any atom is -0.402 e. The average molecular weight is 253 g/mol. The Morgan fingerprint density at radius 3 is 2.53 bits per heavy atom. The summed E-state index contributed by atoms with van der Waals surface area (Å²) in [5.41, 5.74) is 12.6. The zero-order chi connectivity index (χ0) is 13.8. The fourth-order valence-corrected chi connectivity index (χ4v) is 2.72. The third kappa shape index (κ3) is 2.81. The maximum absolute atomic E-state index is 6.30. The Morgan fingerprint density at radius 1 is 1.21 bits per heavy atom. The molecule has 0 fully saturated rings. The van der Waals surface area contributed by atoms with Crippen LogP contribution in [0, 0.1) is 5.92 Å². The van der Waals surface area contributed by atoms with E-state index in [1.54, 1.807) is 0 Å². The van der Waals surface area contributed by atoms with E-state index >= 15 is 0 Å². The normalized spacial score (nSPS) is 17.6. The molecule has 0 unspecified atom stereocenters. The van der Waals surface area contributed by atoms with Gasteiger partial charge in [-0.2, -0.15) is 0 Å². The number of benzene rings is 1. The van der Waals surface area contributed by atoms with Gasteiger partial charge in [0, 0.05) is 12.1 Å². The second-order valence-corrected chi connectivity index (χ2v) is 5.34. The van der Waals surface area contributed by atoms with Crippen LogP contribution in [0.3, 0.4) is 0 Å². The van der Waals surface area contributed by atoms with Crippen molar-refractivity contribution < 1.29 is 0 Å². The molecular weight excluding hydrogens is 230 g/mol. The van der Waals surface area contributed by atoms with Crippen LogP contribution in [0.15, 0.2) is 48.2 Å². The molecule has 0 aliphatic heterocycles. The molecule has 1 nitrogen and oxygen atoms in total. The molecule has 0 aromatic heterocycles. The largest absolute Gasteiger partial charge is 0.402 e. The number of rotatable bonds is 3. The second-order valence-electron chi connectivity index (χ2n) is 5.34. The van der Waals surface area contributed by atoms with Gasteiger partial charge in [-0.3, -0.25) is 0 Å². The van der Waals surface area contributed by atoms with Gasteiger partial charge in [0.25, 0.3) is 0 Å². The maximum atomic E-state index is 6.30. The minimum absolute atomic E-state index is 0.467. The van der Waals surface area contributed by atoms with E-state index in [4.69, 9.17) is 5.73 Å². The standard InChI is InChI=1S/C18H23N/c1-4-5-6-9-14-12-17(19)18(13(2)3)16-11-8-7-10-15(14)16/h5-11,13H,4,12,19H2,1-3H3/b6-5-,14-9+. The topological polar surface area (TPSA) is 26.0 Å². The summed E-state index contributed by atoms with van der Waals surface area (Å²) in [7, 11) is 0. The molecule has 0 radical (unpaired) electrons. The molecule has 1 aromatic rings. The van der Waals surface area contributed by atoms with Crippen molar-refractivity contribution in [1.82, 2.24) is 0 Å². The van der Waals surface area contributed by atoms with Crippen LogP contribution in [0.5, 0.6) is 0 Å². The number of allylic oxidation sites excluding steroid dienone is 5. The van der Waals surface area contributed by atoms with Crippen molar-refractivity contribution in [3.05, 3.63) is 59.3 Å². The molecule has 0 saturated carbocycles. The highest BCUT2D eigenvalue weighted by Gasteiger charge is 2.21. The molecule has 1 aromatic carbocycles. The van der Waals surface area contributed by atoms with E-state index in [0.29, 0.717) is 5.92 Å². The highest BCUT2D eigenvalue weighted by atomic mass is 14.6. The van der Waals surface area contributed by atoms with E-state index in [9.17, 15) is 0 Å². The van der Waals surface area contributed by atoms with Crippen LogP contribution in [-0.4, -0.2) is 0 Å². The van der Waals surface area contributed by atoms with Crippen LogP contribution in [0.25, 0.3) is 11.1 Å². The molecule has 100 valence electrons. The van der Waals surface area contributed by atoms with Gasteiger partial charge >= 0.3 is 0 Å². The Balaban J connectivity index is 2.52. The lowest BCUT2D eigenvalue weighted by Crippen LogP contribution is -2.13. The highest BCUT2D eigenvalue weighted by molar-refractivity contribution is 5.87. The van der Waals surface area contributed by atoms with Gasteiger partial charge in [0.05, 0.1) is 0 Å². The predicted octanol–water partition coefficient (Wildman–Crippen LogP) is 4.77. The first-order chi connectivity index (χ1) is 9.15. The lowest BCUT2D eigenvalue weighted by Gasteiger charge is -2.26. The van der Waals surface area contributed by atoms with E-state index in [2.05, 4.69) is 63.3 Å². The summed E-state index contributed by atoms with van der Waals surface area (Å²) < 4.78 is 0. The third-order valence-corrected chi connectivity index (χ3v) is 3.54. The summed E-state index contributed by atoms with van der Waals surface area (Å²) >= 11 is 0. The second kappa shape index (κ2) is 5.92. The van der Waals surface area contributed by atoms with Crippen LogP contribution < -0.4 is 5.73 Å². The number of hydrogen-bond acceptors (Lipinski definition) is 1. The van der Waals surface area contributed by atoms with Crippen molar-refractivity contribution in [3.8, 4) is 0 Å². The molecule has 1 aliphatic rings. The first kappa shape index (κ1) is 13.7.